The number of carbonyl (C=O) groups excluding carboxylic acids is 1. The number of Topliss-reactive ketones (excluding diaryl/α,β-unsaturated/α-hetero) is 1. The van der Waals surface area contributed by atoms with E-state index in [1.807, 2.05) is 6.07 Å². The summed E-state index contributed by atoms with van der Waals surface area (Å²) in [7, 11) is 0. The molecule has 4 nitrogen and oxygen atoms in total. The first-order valence-corrected chi connectivity index (χ1v) is 4.84. The Morgan fingerprint density at radius 3 is 3.13 bits per heavy atom. The van der Waals surface area contributed by atoms with E-state index in [0.717, 1.165) is 5.39 Å². The van der Waals surface area contributed by atoms with Crippen LogP contribution >= 0.6 is 12.2 Å². The minimum absolute atomic E-state index is 0.0983. The summed E-state index contributed by atoms with van der Waals surface area (Å²) >= 11 is 4.88. The van der Waals surface area contributed by atoms with Gasteiger partial charge in [-0.25, -0.2) is 4.98 Å². The Labute approximate surface area is 91.5 Å². The lowest BCUT2D eigenvalue weighted by molar-refractivity contribution is 0.106. The minimum Gasteiger partial charge on any atom is -0.345 e. The van der Waals surface area contributed by atoms with E-state index in [1.54, 1.807) is 18.5 Å². The summed E-state index contributed by atoms with van der Waals surface area (Å²) in [5.74, 6) is -0.202. The van der Waals surface area contributed by atoms with Crippen LogP contribution in [0.2, 0.25) is 0 Å². The van der Waals surface area contributed by atoms with Crippen molar-refractivity contribution >= 4 is 33.9 Å². The lowest BCUT2D eigenvalue weighted by Crippen LogP contribution is -2.21. The fourth-order valence-corrected chi connectivity index (χ4v) is 1.50. The highest BCUT2D eigenvalue weighted by Crippen LogP contribution is 2.16. The molecule has 0 saturated carbocycles. The fourth-order valence-electron chi connectivity index (χ4n) is 1.39. The first-order valence-electron chi connectivity index (χ1n) is 4.43. The topological polar surface area (TPSA) is 71.8 Å². The normalized spacial score (nSPS) is 10.5. The number of carbonyl (C=O) groups is 1. The highest BCUT2D eigenvalue weighted by atomic mass is 32.1. The Kier molecular flexibility index (Phi) is 2.57. The van der Waals surface area contributed by atoms with Crippen molar-refractivity contribution in [1.82, 2.24) is 9.97 Å². The van der Waals surface area contributed by atoms with Crippen molar-refractivity contribution in [1.29, 1.82) is 0 Å². The molecule has 2 heterocycles. The SMILES string of the molecule is NCC(=S)C(=O)c1c[nH]c2ncccc12. The molecular formula is C10H9N3OS. The molecule has 2 aromatic rings. The molecule has 3 N–H and O–H groups in total. The van der Waals surface area contributed by atoms with E-state index in [-0.39, 0.29) is 17.2 Å². The van der Waals surface area contributed by atoms with E-state index in [9.17, 15) is 4.79 Å². The van der Waals surface area contributed by atoms with Gasteiger partial charge in [0.25, 0.3) is 0 Å². The number of hydrogen-bond acceptors (Lipinski definition) is 4. The summed E-state index contributed by atoms with van der Waals surface area (Å²) in [5, 5.41) is 0.776. The van der Waals surface area contributed by atoms with Crippen LogP contribution in [0.3, 0.4) is 0 Å². The van der Waals surface area contributed by atoms with Crippen LogP contribution in [0.4, 0.5) is 0 Å². The summed E-state index contributed by atoms with van der Waals surface area (Å²) < 4.78 is 0. The molecule has 0 aliphatic heterocycles. The zero-order chi connectivity index (χ0) is 10.8. The predicted octanol–water partition coefficient (Wildman–Crippen LogP) is 1.07. The van der Waals surface area contributed by atoms with Crippen LogP contribution in [0, 0.1) is 0 Å². The molecule has 0 bridgehead atoms. The third-order valence-electron chi connectivity index (χ3n) is 2.13. The standard InChI is InChI=1S/C10H9N3OS/c11-4-8(15)9(14)7-5-13-10-6(7)2-1-3-12-10/h1-3,5H,4,11H2,(H,12,13). The van der Waals surface area contributed by atoms with Gasteiger partial charge in [-0.2, -0.15) is 0 Å². The average molecular weight is 219 g/mol. The van der Waals surface area contributed by atoms with Gasteiger partial charge < -0.3 is 10.7 Å². The Hall–Kier alpha value is -1.59. The molecule has 0 saturated heterocycles. The van der Waals surface area contributed by atoms with Gasteiger partial charge in [0.05, 0.1) is 10.4 Å². The maximum Gasteiger partial charge on any atom is 0.203 e. The van der Waals surface area contributed by atoms with Gasteiger partial charge in [0, 0.05) is 24.3 Å². The molecule has 0 aliphatic rings. The first kappa shape index (κ1) is 9.95. The number of ketones is 1. The molecule has 76 valence electrons. The van der Waals surface area contributed by atoms with E-state index in [1.165, 1.54) is 0 Å². The van der Waals surface area contributed by atoms with Crippen molar-refractivity contribution in [2.45, 2.75) is 0 Å². The van der Waals surface area contributed by atoms with Crippen molar-refractivity contribution in [3.8, 4) is 0 Å². The molecule has 0 aliphatic carbocycles. The molecule has 0 radical (unpaired) electrons. The molecule has 0 spiro atoms. The smallest absolute Gasteiger partial charge is 0.203 e. The second kappa shape index (κ2) is 3.88. The van der Waals surface area contributed by atoms with Gasteiger partial charge in [0.2, 0.25) is 5.78 Å². The van der Waals surface area contributed by atoms with Gasteiger partial charge in [-0.3, -0.25) is 4.79 Å². The highest BCUT2D eigenvalue weighted by Gasteiger charge is 2.15. The molecule has 0 unspecified atom stereocenters. The number of nitrogens with two attached hydrogens (primary N) is 1. The number of hydrogen-bond donors (Lipinski definition) is 2. The van der Waals surface area contributed by atoms with Gasteiger partial charge in [0.1, 0.15) is 5.65 Å². The predicted molar refractivity (Wildman–Crippen MR) is 62.1 cm³/mol. The third-order valence-corrected chi connectivity index (χ3v) is 2.49. The number of nitrogens with one attached hydrogen (secondary N) is 1. The number of rotatable bonds is 3. The zero-order valence-electron chi connectivity index (χ0n) is 7.86. The van der Waals surface area contributed by atoms with E-state index in [2.05, 4.69) is 9.97 Å². The van der Waals surface area contributed by atoms with Crippen molar-refractivity contribution in [3.63, 3.8) is 0 Å². The van der Waals surface area contributed by atoms with Crippen LogP contribution in [0.5, 0.6) is 0 Å². The van der Waals surface area contributed by atoms with Gasteiger partial charge in [-0.05, 0) is 12.1 Å². The van der Waals surface area contributed by atoms with Gasteiger partial charge >= 0.3 is 0 Å². The molecular weight excluding hydrogens is 210 g/mol. The lowest BCUT2D eigenvalue weighted by atomic mass is 10.1. The number of aromatic amines is 1. The summed E-state index contributed by atoms with van der Waals surface area (Å²) in [6.45, 7) is 0.0983. The summed E-state index contributed by atoms with van der Waals surface area (Å²) in [5.41, 5.74) is 6.55. The number of pyridine rings is 1. The molecule has 0 aromatic carbocycles. The monoisotopic (exact) mass is 219 g/mol. The molecule has 0 amide bonds. The zero-order valence-corrected chi connectivity index (χ0v) is 8.67. The lowest BCUT2D eigenvalue weighted by Gasteiger charge is -1.97. The Morgan fingerprint density at radius 2 is 2.40 bits per heavy atom. The van der Waals surface area contributed by atoms with Crippen molar-refractivity contribution < 1.29 is 4.79 Å². The molecule has 0 atom stereocenters. The van der Waals surface area contributed by atoms with Crippen LogP contribution in [0.25, 0.3) is 11.0 Å². The number of aromatic nitrogens is 2. The second-order valence-electron chi connectivity index (χ2n) is 3.06. The van der Waals surface area contributed by atoms with Crippen molar-refractivity contribution in [2.75, 3.05) is 6.54 Å². The van der Waals surface area contributed by atoms with Crippen LogP contribution < -0.4 is 5.73 Å². The largest absolute Gasteiger partial charge is 0.345 e. The van der Waals surface area contributed by atoms with Gasteiger partial charge in [-0.1, -0.05) is 12.2 Å². The Bertz CT molecular complexity index is 532. The number of thiocarbonyl (C=S) groups is 1. The molecule has 15 heavy (non-hydrogen) atoms. The van der Waals surface area contributed by atoms with Crippen LogP contribution in [0.1, 0.15) is 10.4 Å². The number of nitrogens with zero attached hydrogens (tertiary/aromatic N) is 1. The molecule has 2 rings (SSSR count). The minimum atomic E-state index is -0.202. The first-order chi connectivity index (χ1) is 7.24. The van der Waals surface area contributed by atoms with Crippen LogP contribution in [0.15, 0.2) is 24.5 Å². The number of fused-ring (bicyclic) bond motifs is 1. The van der Waals surface area contributed by atoms with Crippen LogP contribution in [-0.4, -0.2) is 27.2 Å². The van der Waals surface area contributed by atoms with Gasteiger partial charge in [0.15, 0.2) is 0 Å². The quantitative estimate of drug-likeness (QED) is 0.598. The van der Waals surface area contributed by atoms with E-state index < -0.39 is 0 Å². The summed E-state index contributed by atoms with van der Waals surface area (Å²) in [6.07, 6.45) is 3.27. The maximum atomic E-state index is 11.8. The Balaban J connectivity index is 2.53. The van der Waals surface area contributed by atoms with E-state index in [4.69, 9.17) is 18.0 Å². The molecule has 2 aromatic heterocycles. The third kappa shape index (κ3) is 1.67. The van der Waals surface area contributed by atoms with E-state index in [0.29, 0.717) is 11.2 Å². The van der Waals surface area contributed by atoms with Crippen molar-refractivity contribution in [3.05, 3.63) is 30.1 Å². The summed E-state index contributed by atoms with van der Waals surface area (Å²) in [6, 6.07) is 3.60. The highest BCUT2D eigenvalue weighted by molar-refractivity contribution is 7.82. The van der Waals surface area contributed by atoms with Crippen molar-refractivity contribution in [2.24, 2.45) is 5.73 Å². The fraction of sp³-hybridized carbons (Fsp3) is 0.100. The Morgan fingerprint density at radius 1 is 1.60 bits per heavy atom. The summed E-state index contributed by atoms with van der Waals surface area (Å²) in [4.78, 5) is 19.0. The molecule has 0 fully saturated rings. The van der Waals surface area contributed by atoms with E-state index >= 15 is 0 Å². The van der Waals surface area contributed by atoms with Crippen LogP contribution in [-0.2, 0) is 0 Å². The molecule has 5 heteroatoms. The average Bonchev–Trinajstić information content (AvgIpc) is 2.70. The number of H-pyrrole nitrogens is 1. The maximum absolute atomic E-state index is 11.8. The van der Waals surface area contributed by atoms with Gasteiger partial charge in [-0.15, -0.1) is 0 Å². The second-order valence-corrected chi connectivity index (χ2v) is 3.55.